The number of hydrogen-bond acceptors (Lipinski definition) is 5. The summed E-state index contributed by atoms with van der Waals surface area (Å²) in [5.41, 5.74) is 0. The number of rotatable bonds is 35. The van der Waals surface area contributed by atoms with Crippen LogP contribution in [0.2, 0.25) is 0 Å². The lowest BCUT2D eigenvalue weighted by atomic mass is 10.0. The molecule has 0 saturated heterocycles. The van der Waals surface area contributed by atoms with Crippen LogP contribution in [0.15, 0.2) is 0 Å². The Labute approximate surface area is 275 Å². The summed E-state index contributed by atoms with van der Waals surface area (Å²) in [5.74, 6) is -0.338. The molecule has 0 heterocycles. The van der Waals surface area contributed by atoms with Gasteiger partial charge in [-0.3, -0.25) is 9.59 Å². The number of carbonyl (C=O) groups excluding carboxylic acids is 2. The van der Waals surface area contributed by atoms with Gasteiger partial charge in [0.1, 0.15) is 12.7 Å². The number of likely N-dealkylation sites (N-methyl/N-ethyl adjacent to an activating group) is 1. The Morgan fingerprint density at radius 1 is 0.455 bits per heavy atom. The van der Waals surface area contributed by atoms with E-state index in [1.54, 1.807) is 0 Å². The predicted molar refractivity (Wildman–Crippen MR) is 189 cm³/mol. The van der Waals surface area contributed by atoms with Crippen molar-refractivity contribution in [3.63, 3.8) is 0 Å². The van der Waals surface area contributed by atoms with E-state index >= 15 is 0 Å². The van der Waals surface area contributed by atoms with Crippen LogP contribution in [0.3, 0.4) is 0 Å². The Balaban J connectivity index is 3.72. The van der Waals surface area contributed by atoms with E-state index in [4.69, 9.17) is 9.47 Å². The van der Waals surface area contributed by atoms with Crippen LogP contribution in [0.4, 0.5) is 0 Å². The van der Waals surface area contributed by atoms with Crippen molar-refractivity contribution in [2.24, 2.45) is 0 Å². The van der Waals surface area contributed by atoms with Gasteiger partial charge in [-0.25, -0.2) is 0 Å². The zero-order valence-electron chi connectivity index (χ0n) is 30.3. The third-order valence-electron chi connectivity index (χ3n) is 8.77. The first-order chi connectivity index (χ1) is 21.5. The van der Waals surface area contributed by atoms with E-state index in [1.165, 1.54) is 154 Å². The fraction of sp³-hybridized carbons (Fsp3) is 0.949. The second-order valence-electron chi connectivity index (χ2n) is 13.7. The molecule has 5 nitrogen and oxygen atoms in total. The summed E-state index contributed by atoms with van der Waals surface area (Å²) in [6.07, 6.45) is 36.9. The molecule has 1 atom stereocenters. The van der Waals surface area contributed by atoms with Crippen molar-refractivity contribution in [2.45, 2.75) is 213 Å². The SMILES string of the molecule is CCCCCCCCCCCCCCCCC(=O)OC[C@@H](CN(C)C)OC(=O)CCCCCCCCCCCCCCCC. The molecule has 0 aromatic rings. The molecule has 0 fully saturated rings. The van der Waals surface area contributed by atoms with E-state index in [9.17, 15) is 9.59 Å². The molecule has 0 bridgehead atoms. The Morgan fingerprint density at radius 3 is 1.07 bits per heavy atom. The van der Waals surface area contributed by atoms with Gasteiger partial charge >= 0.3 is 11.9 Å². The van der Waals surface area contributed by atoms with Crippen molar-refractivity contribution in [2.75, 3.05) is 27.2 Å². The summed E-state index contributed by atoms with van der Waals surface area (Å²) in [5, 5.41) is 0. The summed E-state index contributed by atoms with van der Waals surface area (Å²) in [4.78, 5) is 26.7. The highest BCUT2D eigenvalue weighted by Crippen LogP contribution is 2.15. The van der Waals surface area contributed by atoms with Crippen LogP contribution in [0, 0.1) is 0 Å². The van der Waals surface area contributed by atoms with Crippen LogP contribution >= 0.6 is 0 Å². The molecule has 0 rings (SSSR count). The maximum atomic E-state index is 12.4. The highest BCUT2D eigenvalue weighted by molar-refractivity contribution is 5.70. The van der Waals surface area contributed by atoms with E-state index in [0.29, 0.717) is 19.4 Å². The lowest BCUT2D eigenvalue weighted by Crippen LogP contribution is -2.34. The first-order valence-electron chi connectivity index (χ1n) is 19.5. The summed E-state index contributed by atoms with van der Waals surface area (Å²) in [6, 6.07) is 0. The van der Waals surface area contributed by atoms with Gasteiger partial charge in [-0.05, 0) is 26.9 Å². The summed E-state index contributed by atoms with van der Waals surface area (Å²) < 4.78 is 11.2. The van der Waals surface area contributed by atoms with Crippen LogP contribution < -0.4 is 0 Å². The Kier molecular flexibility index (Phi) is 33.9. The van der Waals surface area contributed by atoms with Crippen LogP contribution in [-0.2, 0) is 19.1 Å². The molecule has 0 aliphatic heterocycles. The Hall–Kier alpha value is -1.10. The number of carbonyl (C=O) groups is 2. The molecule has 0 aliphatic rings. The van der Waals surface area contributed by atoms with Gasteiger partial charge in [0, 0.05) is 19.4 Å². The topological polar surface area (TPSA) is 55.8 Å². The number of unbranched alkanes of at least 4 members (excludes halogenated alkanes) is 26. The molecule has 44 heavy (non-hydrogen) atoms. The maximum absolute atomic E-state index is 12.4. The van der Waals surface area contributed by atoms with Crippen molar-refractivity contribution in [1.82, 2.24) is 4.90 Å². The molecule has 0 spiro atoms. The molecule has 0 N–H and O–H groups in total. The fourth-order valence-corrected chi connectivity index (χ4v) is 5.96. The van der Waals surface area contributed by atoms with E-state index in [-0.39, 0.29) is 18.5 Å². The zero-order valence-corrected chi connectivity index (χ0v) is 30.3. The minimum absolute atomic E-state index is 0.153. The van der Waals surface area contributed by atoms with Crippen molar-refractivity contribution in [1.29, 1.82) is 0 Å². The first-order valence-corrected chi connectivity index (χ1v) is 19.5. The molecule has 262 valence electrons. The second kappa shape index (κ2) is 34.8. The van der Waals surface area contributed by atoms with Crippen LogP contribution in [0.25, 0.3) is 0 Å². The van der Waals surface area contributed by atoms with Gasteiger partial charge < -0.3 is 14.4 Å². The predicted octanol–water partition coefficient (Wildman–Crippen LogP) is 11.7. The quantitative estimate of drug-likeness (QED) is 0.0519. The third kappa shape index (κ3) is 33.8. The van der Waals surface area contributed by atoms with Crippen LogP contribution in [0.1, 0.15) is 206 Å². The standard InChI is InChI=1S/C39H77NO4/c1-5-7-9-11-13-15-17-19-21-23-25-27-29-31-33-38(41)43-36-37(35-40(3)4)44-39(42)34-32-30-28-26-24-22-20-18-16-14-12-10-8-6-2/h37H,5-36H2,1-4H3/t37-/m1/s1. The summed E-state index contributed by atoms with van der Waals surface area (Å²) in [6.45, 7) is 5.27. The molecule has 0 amide bonds. The Bertz CT molecular complexity index is 609. The highest BCUT2D eigenvalue weighted by atomic mass is 16.6. The smallest absolute Gasteiger partial charge is 0.306 e. The van der Waals surface area contributed by atoms with Gasteiger partial charge in [-0.1, -0.05) is 181 Å². The molecule has 0 unspecified atom stereocenters. The Morgan fingerprint density at radius 2 is 0.750 bits per heavy atom. The fourth-order valence-electron chi connectivity index (χ4n) is 5.96. The van der Waals surface area contributed by atoms with Crippen molar-refractivity contribution < 1.29 is 19.1 Å². The molecular formula is C39H77NO4. The summed E-state index contributed by atoms with van der Waals surface area (Å²) >= 11 is 0. The number of hydrogen-bond donors (Lipinski definition) is 0. The highest BCUT2D eigenvalue weighted by Gasteiger charge is 2.18. The van der Waals surface area contributed by atoms with Gasteiger partial charge in [0.25, 0.3) is 0 Å². The molecule has 0 aliphatic carbocycles. The normalized spacial score (nSPS) is 12.1. The molecule has 0 saturated carbocycles. The van der Waals surface area contributed by atoms with Crippen molar-refractivity contribution in [3.05, 3.63) is 0 Å². The lowest BCUT2D eigenvalue weighted by molar-refractivity contribution is -0.160. The van der Waals surface area contributed by atoms with Gasteiger partial charge in [0.05, 0.1) is 0 Å². The molecule has 0 aromatic carbocycles. The van der Waals surface area contributed by atoms with Gasteiger partial charge in [-0.2, -0.15) is 0 Å². The summed E-state index contributed by atoms with van der Waals surface area (Å²) in [7, 11) is 3.90. The van der Waals surface area contributed by atoms with E-state index in [1.807, 2.05) is 19.0 Å². The molecule has 0 radical (unpaired) electrons. The monoisotopic (exact) mass is 624 g/mol. The zero-order chi connectivity index (χ0) is 32.4. The average Bonchev–Trinajstić information content (AvgIpc) is 3.00. The number of esters is 2. The first kappa shape index (κ1) is 42.9. The van der Waals surface area contributed by atoms with E-state index < -0.39 is 6.10 Å². The largest absolute Gasteiger partial charge is 0.462 e. The van der Waals surface area contributed by atoms with Gasteiger partial charge in [-0.15, -0.1) is 0 Å². The van der Waals surface area contributed by atoms with E-state index in [0.717, 1.165) is 25.7 Å². The maximum Gasteiger partial charge on any atom is 0.306 e. The molecule has 5 heteroatoms. The number of ether oxygens (including phenoxy) is 2. The number of nitrogens with zero attached hydrogens (tertiary/aromatic N) is 1. The van der Waals surface area contributed by atoms with Crippen LogP contribution in [0.5, 0.6) is 0 Å². The average molecular weight is 624 g/mol. The van der Waals surface area contributed by atoms with Gasteiger partial charge in [0.15, 0.2) is 0 Å². The van der Waals surface area contributed by atoms with Gasteiger partial charge in [0.2, 0.25) is 0 Å². The molecule has 0 aromatic heterocycles. The lowest BCUT2D eigenvalue weighted by Gasteiger charge is -2.21. The second-order valence-corrected chi connectivity index (χ2v) is 13.7. The van der Waals surface area contributed by atoms with Crippen LogP contribution in [-0.4, -0.2) is 50.2 Å². The van der Waals surface area contributed by atoms with E-state index in [2.05, 4.69) is 13.8 Å². The minimum Gasteiger partial charge on any atom is -0.462 e. The molecular weight excluding hydrogens is 546 g/mol. The third-order valence-corrected chi connectivity index (χ3v) is 8.77. The minimum atomic E-state index is -0.399. The van der Waals surface area contributed by atoms with Crippen molar-refractivity contribution >= 4 is 11.9 Å². The van der Waals surface area contributed by atoms with Crippen molar-refractivity contribution in [3.8, 4) is 0 Å².